The van der Waals surface area contributed by atoms with Gasteiger partial charge in [0.2, 0.25) is 0 Å². The molecule has 10 nitrogen and oxygen atoms in total. The van der Waals surface area contributed by atoms with Crippen LogP contribution in [0.1, 0.15) is 67.2 Å². The molecule has 3 fully saturated rings. The molecule has 47 heavy (non-hydrogen) atoms. The predicted molar refractivity (Wildman–Crippen MR) is 182 cm³/mol. The summed E-state index contributed by atoms with van der Waals surface area (Å²) in [6, 6.07) is 12.1. The second kappa shape index (κ2) is 14.8. The third-order valence-corrected chi connectivity index (χ3v) is 10.6. The summed E-state index contributed by atoms with van der Waals surface area (Å²) in [4.78, 5) is 48.7. The molecule has 1 atom stereocenters. The van der Waals surface area contributed by atoms with Crippen molar-refractivity contribution in [3.8, 4) is 5.75 Å². The summed E-state index contributed by atoms with van der Waals surface area (Å²) in [5.74, 6) is -0.0180. The van der Waals surface area contributed by atoms with E-state index in [4.69, 9.17) is 4.74 Å². The van der Waals surface area contributed by atoms with E-state index in [0.717, 1.165) is 36.3 Å². The van der Waals surface area contributed by atoms with Gasteiger partial charge in [-0.3, -0.25) is 9.69 Å². The van der Waals surface area contributed by atoms with E-state index in [9.17, 15) is 19.5 Å². The maximum atomic E-state index is 14.0. The number of piperidine rings is 1. The fourth-order valence-corrected chi connectivity index (χ4v) is 7.80. The highest BCUT2D eigenvalue weighted by Gasteiger charge is 2.36. The number of benzene rings is 2. The third kappa shape index (κ3) is 7.59. The Labute approximate surface area is 278 Å². The number of para-hydroxylation sites is 1. The van der Waals surface area contributed by atoms with Crippen molar-refractivity contribution in [1.82, 2.24) is 19.6 Å². The Bertz CT molecular complexity index is 1460. The number of amides is 4. The molecule has 2 N–H and O–H groups in total. The summed E-state index contributed by atoms with van der Waals surface area (Å²) in [5.41, 5.74) is 4.05. The van der Waals surface area contributed by atoms with Gasteiger partial charge in [0.1, 0.15) is 5.75 Å². The minimum atomic E-state index is -0.988. The highest BCUT2D eigenvalue weighted by atomic mass is 16.6. The van der Waals surface area contributed by atoms with Crippen LogP contribution in [0.15, 0.2) is 43.0 Å². The van der Waals surface area contributed by atoms with Gasteiger partial charge in [0.15, 0.2) is 6.10 Å². The van der Waals surface area contributed by atoms with E-state index >= 15 is 0 Å². The summed E-state index contributed by atoms with van der Waals surface area (Å²) >= 11 is 0. The van der Waals surface area contributed by atoms with Crippen LogP contribution in [0.2, 0.25) is 0 Å². The van der Waals surface area contributed by atoms with Gasteiger partial charge in [-0.1, -0.05) is 56.2 Å². The van der Waals surface area contributed by atoms with E-state index in [1.807, 2.05) is 47.1 Å². The van der Waals surface area contributed by atoms with Crippen molar-refractivity contribution in [3.05, 3.63) is 65.2 Å². The molecule has 252 valence electrons. The highest BCUT2D eigenvalue weighted by Crippen LogP contribution is 2.28. The molecule has 10 heteroatoms. The zero-order chi connectivity index (χ0) is 32.9. The summed E-state index contributed by atoms with van der Waals surface area (Å²) in [7, 11) is 0. The number of aromatic hydroxyl groups is 1. The number of piperazine rings is 1. The first-order valence-electron chi connectivity index (χ1n) is 17.4. The Hall–Kier alpha value is -4.05. The smallest absolute Gasteiger partial charge is 0.410 e. The van der Waals surface area contributed by atoms with E-state index in [1.54, 1.807) is 17.0 Å². The van der Waals surface area contributed by atoms with Crippen molar-refractivity contribution in [3.63, 3.8) is 0 Å². The van der Waals surface area contributed by atoms with Crippen LogP contribution in [0.5, 0.6) is 5.75 Å². The van der Waals surface area contributed by atoms with Crippen molar-refractivity contribution in [2.24, 2.45) is 0 Å². The number of phenolic OH excluding ortho intramolecular Hbond substituents is 1. The lowest BCUT2D eigenvalue weighted by molar-refractivity contribution is -0.143. The summed E-state index contributed by atoms with van der Waals surface area (Å²) in [5, 5.41) is 13.5. The molecule has 2 aromatic rings. The minimum absolute atomic E-state index is 0.0172. The predicted octanol–water partition coefficient (Wildman–Crippen LogP) is 5.42. The summed E-state index contributed by atoms with van der Waals surface area (Å²) in [6.45, 7) is 10.0. The van der Waals surface area contributed by atoms with E-state index < -0.39 is 12.2 Å². The number of hydrogen-bond donors (Lipinski definition) is 2. The average Bonchev–Trinajstić information content (AvgIpc) is 3.27. The summed E-state index contributed by atoms with van der Waals surface area (Å²) < 4.78 is 6.06. The largest absolute Gasteiger partial charge is 0.507 e. The van der Waals surface area contributed by atoms with Crippen molar-refractivity contribution in [1.29, 1.82) is 0 Å². The third-order valence-electron chi connectivity index (χ3n) is 10.6. The van der Waals surface area contributed by atoms with Gasteiger partial charge in [0, 0.05) is 75.6 Å². The van der Waals surface area contributed by atoms with Gasteiger partial charge in [-0.2, -0.15) is 0 Å². The van der Waals surface area contributed by atoms with Crippen LogP contribution in [0.25, 0.3) is 6.08 Å². The second-order valence-corrected chi connectivity index (χ2v) is 13.5. The Morgan fingerprint density at radius 1 is 0.957 bits per heavy atom. The number of urea groups is 1. The van der Waals surface area contributed by atoms with Gasteiger partial charge >= 0.3 is 12.1 Å². The van der Waals surface area contributed by atoms with Gasteiger partial charge in [-0.15, -0.1) is 0 Å². The number of rotatable bonds is 7. The Morgan fingerprint density at radius 3 is 2.40 bits per heavy atom. The van der Waals surface area contributed by atoms with E-state index in [-0.39, 0.29) is 30.2 Å². The van der Waals surface area contributed by atoms with Crippen LogP contribution in [0.3, 0.4) is 0 Å². The first-order chi connectivity index (χ1) is 22.8. The lowest BCUT2D eigenvalue weighted by Gasteiger charge is -2.41. The van der Waals surface area contributed by atoms with Crippen LogP contribution < -0.4 is 5.32 Å². The molecule has 1 aliphatic carbocycles. The number of carbonyl (C=O) groups is 3. The number of likely N-dealkylation sites (tertiary alicyclic amines) is 1. The molecule has 0 spiro atoms. The van der Waals surface area contributed by atoms with Gasteiger partial charge in [0.05, 0.1) is 0 Å². The van der Waals surface area contributed by atoms with E-state index in [0.29, 0.717) is 62.7 Å². The van der Waals surface area contributed by atoms with Crippen LogP contribution in [-0.2, 0) is 22.4 Å². The highest BCUT2D eigenvalue weighted by molar-refractivity contribution is 5.91. The van der Waals surface area contributed by atoms with Crippen LogP contribution in [-0.4, -0.2) is 107 Å². The number of hydrogen-bond acceptors (Lipinski definition) is 6. The van der Waals surface area contributed by atoms with Gasteiger partial charge in [0.25, 0.3) is 5.91 Å². The number of carbonyl (C=O) groups excluding carboxylic acids is 3. The normalized spacial score (nSPS) is 20.6. The molecule has 3 aliphatic heterocycles. The lowest BCUT2D eigenvalue weighted by atomic mass is 9.94. The zero-order valence-electron chi connectivity index (χ0n) is 27.7. The Balaban J connectivity index is 1.10. The fourth-order valence-electron chi connectivity index (χ4n) is 7.80. The van der Waals surface area contributed by atoms with Crippen molar-refractivity contribution >= 4 is 29.8 Å². The first-order valence-corrected chi connectivity index (χ1v) is 17.4. The molecule has 1 saturated carbocycles. The van der Waals surface area contributed by atoms with Gasteiger partial charge in [-0.05, 0) is 67.9 Å². The molecule has 6 rings (SSSR count). The van der Waals surface area contributed by atoms with Crippen molar-refractivity contribution < 1.29 is 24.2 Å². The maximum absolute atomic E-state index is 14.0. The average molecular weight is 644 g/mol. The monoisotopic (exact) mass is 643 g/mol. The number of fused-ring (bicyclic) bond motifs is 1. The Kier molecular flexibility index (Phi) is 10.3. The SMILES string of the molecule is C=Cc1cc(C[C@@H](OC(=O)N2CCC(N3CCc4ccccc4NC3=O)CC2)C(=O)N2CCN(C3CCCCC3)CC2)cc(C)c1O. The van der Waals surface area contributed by atoms with E-state index in [1.165, 1.54) is 32.1 Å². The molecule has 3 heterocycles. The molecule has 4 aliphatic rings. The number of aryl methyl sites for hydroxylation is 1. The maximum Gasteiger partial charge on any atom is 0.410 e. The molecule has 2 saturated heterocycles. The molecule has 0 bridgehead atoms. The number of nitrogens with zero attached hydrogens (tertiary/aromatic N) is 4. The molecule has 2 aromatic carbocycles. The van der Waals surface area contributed by atoms with Crippen LogP contribution in [0, 0.1) is 6.92 Å². The number of ether oxygens (including phenoxy) is 1. The zero-order valence-corrected chi connectivity index (χ0v) is 27.7. The Morgan fingerprint density at radius 2 is 1.68 bits per heavy atom. The summed E-state index contributed by atoms with van der Waals surface area (Å²) in [6.07, 6.45) is 8.68. The molecular formula is C37H49N5O5. The number of nitrogens with one attached hydrogen (secondary N) is 1. The lowest BCUT2D eigenvalue weighted by Crippen LogP contribution is -2.55. The van der Waals surface area contributed by atoms with Gasteiger partial charge < -0.3 is 29.9 Å². The van der Waals surface area contributed by atoms with Gasteiger partial charge in [-0.25, -0.2) is 9.59 Å². The first kappa shape index (κ1) is 32.9. The molecule has 0 unspecified atom stereocenters. The van der Waals surface area contributed by atoms with E-state index in [2.05, 4.69) is 16.8 Å². The minimum Gasteiger partial charge on any atom is -0.507 e. The molecule has 0 radical (unpaired) electrons. The van der Waals surface area contributed by atoms with Crippen LogP contribution in [0.4, 0.5) is 15.3 Å². The standard InChI is InChI=1S/C37H49N5O5/c1-3-28-24-27(23-26(2)34(28)43)25-33(35(44)40-21-19-39(20-22-40)30-10-5-4-6-11-30)47-37(46)41-16-14-31(15-17-41)42-18-13-29-9-7-8-12-32(29)38-36(42)45/h3,7-9,12,23-24,30-31,33,43H,1,4-6,10-11,13-22,25H2,2H3,(H,38,45)/t33-/m1/s1. The number of phenols is 1. The van der Waals surface area contributed by atoms with Crippen LogP contribution >= 0.6 is 0 Å². The van der Waals surface area contributed by atoms with Crippen molar-refractivity contribution in [2.75, 3.05) is 51.1 Å². The quantitative estimate of drug-likeness (QED) is 0.418. The fraction of sp³-hybridized carbons (Fsp3) is 0.541. The molecular weight excluding hydrogens is 594 g/mol. The topological polar surface area (TPSA) is 106 Å². The molecule has 0 aromatic heterocycles. The van der Waals surface area contributed by atoms with Crippen molar-refractivity contribution in [2.45, 2.75) is 82.9 Å². The number of anilines is 1. The second-order valence-electron chi connectivity index (χ2n) is 13.5. The molecule has 4 amide bonds.